The van der Waals surface area contributed by atoms with Crippen LogP contribution in [0.2, 0.25) is 0 Å². The number of rotatable bonds is 5. The van der Waals surface area contributed by atoms with Crippen molar-refractivity contribution in [1.82, 2.24) is 25.1 Å². The molecule has 2 N–H and O–H groups in total. The number of nitrogens with one attached hydrogen (secondary N) is 2. The summed E-state index contributed by atoms with van der Waals surface area (Å²) in [6.07, 6.45) is 12.8. The lowest BCUT2D eigenvalue weighted by Crippen LogP contribution is -2.12. The fourth-order valence-electron chi connectivity index (χ4n) is 3.10. The highest BCUT2D eigenvalue weighted by Gasteiger charge is 2.10. The molecule has 1 aliphatic rings. The van der Waals surface area contributed by atoms with Gasteiger partial charge < -0.3 is 4.98 Å². The van der Waals surface area contributed by atoms with Crippen LogP contribution < -0.4 is 5.56 Å². The number of hydrogen-bond donors (Lipinski definition) is 2. The van der Waals surface area contributed by atoms with Gasteiger partial charge in [0, 0.05) is 18.4 Å². The molecule has 0 aliphatic heterocycles. The third-order valence-corrected chi connectivity index (χ3v) is 4.68. The molecule has 6 nitrogen and oxygen atoms in total. The Morgan fingerprint density at radius 3 is 2.81 bits per heavy atom. The zero-order chi connectivity index (χ0) is 18.6. The number of H-pyrrole nitrogens is 2. The summed E-state index contributed by atoms with van der Waals surface area (Å²) in [6, 6.07) is 7.35. The summed E-state index contributed by atoms with van der Waals surface area (Å²) in [7, 11) is 0. The Bertz CT molecular complexity index is 1100. The fraction of sp³-hybridized carbons (Fsp3) is 0.238. The normalized spacial score (nSPS) is 16.5. The van der Waals surface area contributed by atoms with E-state index in [2.05, 4.69) is 56.4 Å². The molecule has 0 saturated carbocycles. The Morgan fingerprint density at radius 2 is 1.93 bits per heavy atom. The van der Waals surface area contributed by atoms with Gasteiger partial charge >= 0.3 is 0 Å². The van der Waals surface area contributed by atoms with E-state index in [1.165, 1.54) is 0 Å². The van der Waals surface area contributed by atoms with Crippen molar-refractivity contribution in [3.63, 3.8) is 0 Å². The number of fused-ring (bicyclic) bond motifs is 1. The molecule has 0 spiro atoms. The summed E-state index contributed by atoms with van der Waals surface area (Å²) in [5, 5.41) is 7.93. The summed E-state index contributed by atoms with van der Waals surface area (Å²) in [5.74, 6) is 2.56. The van der Waals surface area contributed by atoms with Gasteiger partial charge in [0.05, 0.1) is 10.9 Å². The van der Waals surface area contributed by atoms with Crippen LogP contribution in [-0.2, 0) is 12.8 Å². The van der Waals surface area contributed by atoms with E-state index in [0.29, 0.717) is 41.3 Å². The molecule has 1 aliphatic carbocycles. The first-order chi connectivity index (χ1) is 13.2. The second-order valence-corrected chi connectivity index (χ2v) is 6.57. The van der Waals surface area contributed by atoms with Crippen LogP contribution in [-0.4, -0.2) is 25.1 Å². The molecule has 2 aromatic heterocycles. The summed E-state index contributed by atoms with van der Waals surface area (Å²) in [5.41, 5.74) is 1.59. The molecule has 27 heavy (non-hydrogen) atoms. The van der Waals surface area contributed by atoms with Gasteiger partial charge in [-0.2, -0.15) is 5.10 Å². The second-order valence-electron chi connectivity index (χ2n) is 6.57. The average Bonchev–Trinajstić information content (AvgIpc) is 3.03. The number of aromatic amines is 2. The third-order valence-electron chi connectivity index (χ3n) is 4.68. The van der Waals surface area contributed by atoms with E-state index in [4.69, 9.17) is 0 Å². The van der Waals surface area contributed by atoms with E-state index in [0.717, 1.165) is 17.8 Å². The van der Waals surface area contributed by atoms with Crippen LogP contribution in [0.1, 0.15) is 30.8 Å². The topological polar surface area (TPSA) is 87.3 Å². The van der Waals surface area contributed by atoms with Gasteiger partial charge in [0.2, 0.25) is 0 Å². The first-order valence-corrected chi connectivity index (χ1v) is 9.19. The molecule has 0 saturated heterocycles. The Morgan fingerprint density at radius 1 is 1.07 bits per heavy atom. The van der Waals surface area contributed by atoms with Gasteiger partial charge in [-0.1, -0.05) is 49.4 Å². The summed E-state index contributed by atoms with van der Waals surface area (Å²) in [4.78, 5) is 24.1. The maximum Gasteiger partial charge on any atom is 0.258 e. The number of allylic oxidation sites excluding steroid dienone is 6. The zero-order valence-electron chi connectivity index (χ0n) is 15.1. The largest absolute Gasteiger partial charge is 0.310 e. The maximum atomic E-state index is 12.2. The number of hydrogen-bond acceptors (Lipinski definition) is 4. The van der Waals surface area contributed by atoms with E-state index >= 15 is 0 Å². The highest BCUT2D eigenvalue weighted by molar-refractivity contribution is 5.77. The Kier molecular flexibility index (Phi) is 4.78. The van der Waals surface area contributed by atoms with Crippen molar-refractivity contribution in [2.75, 3.05) is 0 Å². The van der Waals surface area contributed by atoms with Crippen LogP contribution in [0.5, 0.6) is 0 Å². The van der Waals surface area contributed by atoms with Crippen molar-refractivity contribution >= 4 is 16.5 Å². The van der Waals surface area contributed by atoms with Crippen molar-refractivity contribution < 1.29 is 0 Å². The van der Waals surface area contributed by atoms with Crippen LogP contribution in [0.25, 0.3) is 16.5 Å². The standard InChI is InChI=1S/C21H21N5O/c1-2-14-6-5-7-15(11-10-14)20-23-19(25-26-20)13-12-18-22-17-9-4-3-8-16(17)21(27)24-18/h3-11,14H,2,12-13H2,1H3,(H,22,24,27)(H,23,25,26). The van der Waals surface area contributed by atoms with E-state index in [1.54, 1.807) is 6.07 Å². The van der Waals surface area contributed by atoms with Crippen molar-refractivity contribution in [2.45, 2.75) is 26.2 Å². The monoisotopic (exact) mass is 359 g/mol. The van der Waals surface area contributed by atoms with Gasteiger partial charge in [0.15, 0.2) is 5.82 Å². The molecule has 0 radical (unpaired) electrons. The predicted octanol–water partition coefficient (Wildman–Crippen LogP) is 3.36. The van der Waals surface area contributed by atoms with Crippen molar-refractivity contribution in [2.24, 2.45) is 5.92 Å². The molecule has 1 unspecified atom stereocenters. The SMILES string of the molecule is CCC1C=CC=C(c2n[nH]c(CCc3nc4ccccc4c(=O)[nH]3)n2)C=C1. The summed E-state index contributed by atoms with van der Waals surface area (Å²) < 4.78 is 0. The van der Waals surface area contributed by atoms with Gasteiger partial charge in [-0.3, -0.25) is 9.89 Å². The molecule has 136 valence electrons. The van der Waals surface area contributed by atoms with Crippen molar-refractivity contribution in [3.8, 4) is 0 Å². The Balaban J connectivity index is 1.48. The third kappa shape index (κ3) is 3.79. The highest BCUT2D eigenvalue weighted by Crippen LogP contribution is 2.19. The summed E-state index contributed by atoms with van der Waals surface area (Å²) in [6.45, 7) is 2.17. The lowest BCUT2D eigenvalue weighted by molar-refractivity contribution is 0.775. The maximum absolute atomic E-state index is 12.2. The lowest BCUT2D eigenvalue weighted by atomic mass is 10.1. The van der Waals surface area contributed by atoms with E-state index in [1.807, 2.05) is 24.3 Å². The molecule has 0 amide bonds. The molecular formula is C21H21N5O. The van der Waals surface area contributed by atoms with E-state index in [9.17, 15) is 4.79 Å². The number of aryl methyl sites for hydroxylation is 2. The molecule has 4 rings (SSSR count). The highest BCUT2D eigenvalue weighted by atomic mass is 16.1. The molecule has 3 aromatic rings. The van der Waals surface area contributed by atoms with Gasteiger partial charge in [-0.05, 0) is 24.5 Å². The van der Waals surface area contributed by atoms with Crippen molar-refractivity contribution in [1.29, 1.82) is 0 Å². The number of benzene rings is 1. The van der Waals surface area contributed by atoms with E-state index < -0.39 is 0 Å². The zero-order valence-corrected chi connectivity index (χ0v) is 15.1. The Labute approximate surface area is 156 Å². The average molecular weight is 359 g/mol. The Hall–Kier alpha value is -3.28. The summed E-state index contributed by atoms with van der Waals surface area (Å²) >= 11 is 0. The molecule has 0 fully saturated rings. The molecule has 0 bridgehead atoms. The van der Waals surface area contributed by atoms with Crippen LogP contribution >= 0.6 is 0 Å². The first kappa shape index (κ1) is 17.1. The van der Waals surface area contributed by atoms with Crippen LogP contribution in [0.3, 0.4) is 0 Å². The minimum atomic E-state index is -0.111. The lowest BCUT2D eigenvalue weighted by Gasteiger charge is -2.01. The first-order valence-electron chi connectivity index (χ1n) is 9.19. The van der Waals surface area contributed by atoms with Gasteiger partial charge in [-0.25, -0.2) is 9.97 Å². The molecule has 1 aromatic carbocycles. The van der Waals surface area contributed by atoms with Crippen molar-refractivity contribution in [3.05, 3.63) is 82.5 Å². The van der Waals surface area contributed by atoms with Crippen LogP contribution in [0.15, 0.2) is 59.4 Å². The molecule has 1 atom stereocenters. The molecule has 6 heteroatoms. The quantitative estimate of drug-likeness (QED) is 0.731. The van der Waals surface area contributed by atoms with Crippen LogP contribution in [0.4, 0.5) is 0 Å². The number of aromatic nitrogens is 5. The smallest absolute Gasteiger partial charge is 0.258 e. The molecule has 2 heterocycles. The minimum Gasteiger partial charge on any atom is -0.310 e. The number of para-hydroxylation sites is 1. The van der Waals surface area contributed by atoms with Crippen LogP contribution in [0, 0.1) is 5.92 Å². The fourth-order valence-corrected chi connectivity index (χ4v) is 3.10. The number of nitrogens with zero attached hydrogens (tertiary/aromatic N) is 3. The van der Waals surface area contributed by atoms with E-state index in [-0.39, 0.29) is 5.56 Å². The molecular weight excluding hydrogens is 338 g/mol. The van der Waals surface area contributed by atoms with Gasteiger partial charge in [-0.15, -0.1) is 0 Å². The minimum absolute atomic E-state index is 0.111. The second kappa shape index (κ2) is 7.53. The predicted molar refractivity (Wildman–Crippen MR) is 106 cm³/mol. The van der Waals surface area contributed by atoms with Gasteiger partial charge in [0.25, 0.3) is 5.56 Å². The van der Waals surface area contributed by atoms with Gasteiger partial charge in [0.1, 0.15) is 11.6 Å².